The molecule has 0 unspecified atom stereocenters. The SMILES string of the molecule is CCN1CCC(CNC(=O)Cc2ccc3ccn(C4CCN(CCc5ccc(F)cc5)CC4)c3c2)CC1.O=C(O)C(=O)O. The zero-order valence-electron chi connectivity index (χ0n) is 24.9. The molecule has 10 heteroatoms. The van der Waals surface area contributed by atoms with Crippen molar-refractivity contribution in [3.05, 3.63) is 71.7 Å². The van der Waals surface area contributed by atoms with Gasteiger partial charge in [0.2, 0.25) is 5.91 Å². The van der Waals surface area contributed by atoms with Crippen molar-refractivity contribution in [1.82, 2.24) is 19.7 Å². The van der Waals surface area contributed by atoms with Crippen molar-refractivity contribution >= 4 is 28.7 Å². The van der Waals surface area contributed by atoms with E-state index < -0.39 is 11.9 Å². The van der Waals surface area contributed by atoms with E-state index in [0.717, 1.165) is 70.6 Å². The number of amides is 1. The van der Waals surface area contributed by atoms with E-state index in [1.165, 1.54) is 29.3 Å². The van der Waals surface area contributed by atoms with Crippen molar-refractivity contribution in [2.75, 3.05) is 45.8 Å². The highest BCUT2D eigenvalue weighted by Crippen LogP contribution is 2.29. The molecule has 3 N–H and O–H groups in total. The largest absolute Gasteiger partial charge is 0.473 e. The molecular weight excluding hydrogens is 551 g/mol. The number of benzene rings is 2. The molecule has 3 aromatic rings. The Morgan fingerprint density at radius 1 is 0.860 bits per heavy atom. The van der Waals surface area contributed by atoms with E-state index in [2.05, 4.69) is 57.1 Å². The van der Waals surface area contributed by atoms with E-state index in [1.807, 2.05) is 12.1 Å². The molecule has 2 aromatic carbocycles. The van der Waals surface area contributed by atoms with Crippen LogP contribution in [0, 0.1) is 11.7 Å². The number of aromatic nitrogens is 1. The first kappa shape index (κ1) is 32.2. The summed E-state index contributed by atoms with van der Waals surface area (Å²) in [5.74, 6) is -3.08. The summed E-state index contributed by atoms with van der Waals surface area (Å²) in [7, 11) is 0. The molecule has 0 atom stereocenters. The van der Waals surface area contributed by atoms with Gasteiger partial charge in [-0.05, 0) is 98.4 Å². The summed E-state index contributed by atoms with van der Waals surface area (Å²) in [6, 6.07) is 16.0. The summed E-state index contributed by atoms with van der Waals surface area (Å²) in [6.45, 7) is 9.61. The van der Waals surface area contributed by atoms with Gasteiger partial charge >= 0.3 is 11.9 Å². The van der Waals surface area contributed by atoms with Gasteiger partial charge in [0, 0.05) is 43.9 Å². The number of carbonyl (C=O) groups excluding carboxylic acids is 1. The third kappa shape index (κ3) is 9.62. The maximum absolute atomic E-state index is 13.1. The predicted molar refractivity (Wildman–Crippen MR) is 164 cm³/mol. The van der Waals surface area contributed by atoms with Gasteiger partial charge in [-0.2, -0.15) is 0 Å². The molecule has 232 valence electrons. The van der Waals surface area contributed by atoms with Crippen molar-refractivity contribution in [3.63, 3.8) is 0 Å². The summed E-state index contributed by atoms with van der Waals surface area (Å²) in [5.41, 5.74) is 3.52. The van der Waals surface area contributed by atoms with Crippen molar-refractivity contribution < 1.29 is 29.0 Å². The Morgan fingerprint density at radius 3 is 2.12 bits per heavy atom. The number of hydrogen-bond donors (Lipinski definition) is 3. The minimum absolute atomic E-state index is 0.129. The Balaban J connectivity index is 0.000000641. The quantitative estimate of drug-likeness (QED) is 0.318. The number of halogens is 1. The van der Waals surface area contributed by atoms with Crippen LogP contribution in [0.1, 0.15) is 49.8 Å². The lowest BCUT2D eigenvalue weighted by Crippen LogP contribution is -2.38. The normalized spacial score (nSPS) is 16.9. The second kappa shape index (κ2) is 15.6. The topological polar surface area (TPSA) is 115 Å². The summed E-state index contributed by atoms with van der Waals surface area (Å²) >= 11 is 0. The van der Waals surface area contributed by atoms with Crippen LogP contribution in [-0.2, 0) is 27.2 Å². The lowest BCUT2D eigenvalue weighted by Gasteiger charge is -2.33. The predicted octanol–water partition coefficient (Wildman–Crippen LogP) is 4.21. The third-order valence-electron chi connectivity index (χ3n) is 8.66. The fourth-order valence-corrected chi connectivity index (χ4v) is 6.00. The molecule has 2 fully saturated rings. The van der Waals surface area contributed by atoms with Crippen LogP contribution < -0.4 is 5.32 Å². The van der Waals surface area contributed by atoms with Crippen molar-refractivity contribution in [1.29, 1.82) is 0 Å². The van der Waals surface area contributed by atoms with Crippen molar-refractivity contribution in [3.8, 4) is 0 Å². The molecule has 1 amide bonds. The number of aliphatic carboxylic acids is 2. The summed E-state index contributed by atoms with van der Waals surface area (Å²) < 4.78 is 15.6. The van der Waals surface area contributed by atoms with Gasteiger partial charge in [0.15, 0.2) is 0 Å². The summed E-state index contributed by atoms with van der Waals surface area (Å²) in [5, 5.41) is 19.2. The van der Waals surface area contributed by atoms with Crippen molar-refractivity contribution in [2.24, 2.45) is 5.92 Å². The Bertz CT molecular complexity index is 1350. The fraction of sp³-hybridized carbons (Fsp3) is 0.485. The number of piperidine rings is 2. The standard InChI is InChI=1S/C31H41FN4O.C2H2O4/c1-2-34-15-10-25(11-16-34)23-33-31(37)22-26-3-6-27-12-20-36(30(27)21-26)29-13-18-35(19-14-29)17-9-24-4-7-28(32)8-5-24;3-1(4)2(5)6/h3-8,12,20-21,25,29H,2,9-11,13-19,22-23H2,1H3,(H,33,37);(H,3,4)(H,5,6). The van der Waals surface area contributed by atoms with Gasteiger partial charge in [-0.15, -0.1) is 0 Å². The number of carboxylic acids is 2. The number of hydrogen-bond acceptors (Lipinski definition) is 5. The molecule has 5 rings (SSSR count). The number of carboxylic acid groups (broad SMARTS) is 2. The molecule has 9 nitrogen and oxygen atoms in total. The minimum atomic E-state index is -1.82. The van der Waals surface area contributed by atoms with E-state index >= 15 is 0 Å². The van der Waals surface area contributed by atoms with Crippen LogP contribution in [0.2, 0.25) is 0 Å². The minimum Gasteiger partial charge on any atom is -0.473 e. The van der Waals surface area contributed by atoms with Gasteiger partial charge in [0.1, 0.15) is 5.82 Å². The van der Waals surface area contributed by atoms with Gasteiger partial charge in [0.05, 0.1) is 6.42 Å². The first-order valence-electron chi connectivity index (χ1n) is 15.2. The Hall–Kier alpha value is -3.76. The number of rotatable bonds is 9. The average molecular weight is 595 g/mol. The zero-order valence-corrected chi connectivity index (χ0v) is 24.9. The molecule has 2 aliphatic rings. The van der Waals surface area contributed by atoms with Crippen molar-refractivity contribution in [2.45, 2.75) is 51.5 Å². The lowest BCUT2D eigenvalue weighted by atomic mass is 9.96. The number of fused-ring (bicyclic) bond motifs is 1. The first-order valence-corrected chi connectivity index (χ1v) is 15.2. The fourth-order valence-electron chi connectivity index (χ4n) is 6.00. The van der Waals surface area contributed by atoms with E-state index in [4.69, 9.17) is 19.8 Å². The lowest BCUT2D eigenvalue weighted by molar-refractivity contribution is -0.159. The highest BCUT2D eigenvalue weighted by atomic mass is 19.1. The van der Waals surface area contributed by atoms with E-state index in [9.17, 15) is 9.18 Å². The van der Waals surface area contributed by atoms with Gasteiger partial charge < -0.3 is 29.9 Å². The molecule has 0 spiro atoms. The molecule has 0 radical (unpaired) electrons. The van der Waals surface area contributed by atoms with Crippen LogP contribution in [0.25, 0.3) is 10.9 Å². The summed E-state index contributed by atoms with van der Waals surface area (Å²) in [4.78, 5) is 35.9. The van der Waals surface area contributed by atoms with Crippen LogP contribution in [-0.4, -0.2) is 88.2 Å². The molecule has 43 heavy (non-hydrogen) atoms. The molecule has 1 aromatic heterocycles. The monoisotopic (exact) mass is 594 g/mol. The number of nitrogens with zero attached hydrogens (tertiary/aromatic N) is 3. The van der Waals surface area contributed by atoms with Crippen LogP contribution in [0.5, 0.6) is 0 Å². The zero-order chi connectivity index (χ0) is 30.8. The molecule has 0 aliphatic carbocycles. The number of carbonyl (C=O) groups is 3. The maximum Gasteiger partial charge on any atom is 0.414 e. The number of likely N-dealkylation sites (tertiary alicyclic amines) is 2. The van der Waals surface area contributed by atoms with Crippen LogP contribution in [0.4, 0.5) is 4.39 Å². The summed E-state index contributed by atoms with van der Waals surface area (Å²) in [6.07, 6.45) is 8.22. The Labute approximate surface area is 252 Å². The molecule has 2 aliphatic heterocycles. The first-order chi connectivity index (χ1) is 20.7. The molecular formula is C33H43FN4O5. The van der Waals surface area contributed by atoms with Gasteiger partial charge in [-0.3, -0.25) is 4.79 Å². The van der Waals surface area contributed by atoms with Crippen LogP contribution in [0.3, 0.4) is 0 Å². The molecule has 0 bridgehead atoms. The molecule has 3 heterocycles. The molecule has 2 saturated heterocycles. The Morgan fingerprint density at radius 2 is 1.49 bits per heavy atom. The van der Waals surface area contributed by atoms with Crippen LogP contribution >= 0.6 is 0 Å². The van der Waals surface area contributed by atoms with Gasteiger partial charge in [0.25, 0.3) is 0 Å². The maximum atomic E-state index is 13.1. The smallest absolute Gasteiger partial charge is 0.414 e. The molecule has 0 saturated carbocycles. The van der Waals surface area contributed by atoms with Gasteiger partial charge in [-0.1, -0.05) is 31.2 Å². The second-order valence-corrected chi connectivity index (χ2v) is 11.5. The highest BCUT2D eigenvalue weighted by Gasteiger charge is 2.22. The Kier molecular flexibility index (Phi) is 11.7. The van der Waals surface area contributed by atoms with Crippen LogP contribution in [0.15, 0.2) is 54.7 Å². The van der Waals surface area contributed by atoms with E-state index in [0.29, 0.717) is 18.4 Å². The third-order valence-corrected chi connectivity index (χ3v) is 8.66. The highest BCUT2D eigenvalue weighted by molar-refractivity contribution is 6.27. The second-order valence-electron chi connectivity index (χ2n) is 11.5. The number of nitrogens with one attached hydrogen (secondary N) is 1. The average Bonchev–Trinajstić information content (AvgIpc) is 3.44. The van der Waals surface area contributed by atoms with E-state index in [1.54, 1.807) is 12.1 Å². The van der Waals surface area contributed by atoms with E-state index in [-0.39, 0.29) is 11.7 Å². The van der Waals surface area contributed by atoms with Gasteiger partial charge in [-0.25, -0.2) is 14.0 Å².